The molecule has 0 N–H and O–H groups in total. The highest BCUT2D eigenvalue weighted by atomic mass is 19.1. The van der Waals surface area contributed by atoms with Crippen LogP contribution in [0.4, 0.5) is 10.3 Å². The van der Waals surface area contributed by atoms with Crippen LogP contribution in [0.2, 0.25) is 0 Å². The largest absolute Gasteiger partial charge is 0.339 e. The van der Waals surface area contributed by atoms with Crippen LogP contribution in [0.3, 0.4) is 0 Å². The molecule has 1 aliphatic heterocycles. The third kappa shape index (κ3) is 3.34. The number of fused-ring (bicyclic) bond motifs is 1. The number of hydrogen-bond acceptors (Lipinski definition) is 5. The summed E-state index contributed by atoms with van der Waals surface area (Å²) < 4.78 is 16.7. The molecule has 3 heterocycles. The lowest BCUT2D eigenvalue weighted by molar-refractivity contribution is 0.0745. The molecule has 8 nitrogen and oxygen atoms in total. The van der Waals surface area contributed by atoms with Crippen molar-refractivity contribution in [3.05, 3.63) is 51.7 Å². The van der Waals surface area contributed by atoms with Crippen molar-refractivity contribution in [3.8, 4) is 0 Å². The molecule has 2 aromatic heterocycles. The predicted molar refractivity (Wildman–Crippen MR) is 112 cm³/mol. The molecule has 0 unspecified atom stereocenters. The van der Waals surface area contributed by atoms with E-state index in [1.165, 1.54) is 18.2 Å². The molecule has 3 aromatic rings. The summed E-state index contributed by atoms with van der Waals surface area (Å²) in [7, 11) is 1.75. The lowest BCUT2D eigenvalue weighted by atomic mass is 10.1. The quantitative estimate of drug-likeness (QED) is 0.659. The third-order valence-corrected chi connectivity index (χ3v) is 5.48. The predicted octanol–water partition coefficient (Wildman–Crippen LogP) is 2.12. The Balaban J connectivity index is 1.63. The maximum Gasteiger partial charge on any atom is 0.281 e. The summed E-state index contributed by atoms with van der Waals surface area (Å²) in [4.78, 5) is 34.4. The number of rotatable bonds is 3. The average molecular weight is 412 g/mol. The van der Waals surface area contributed by atoms with Crippen molar-refractivity contribution in [2.75, 3.05) is 31.1 Å². The Labute approximate surface area is 173 Å². The summed E-state index contributed by atoms with van der Waals surface area (Å²) in [5.74, 6) is -0.0249. The molecule has 1 fully saturated rings. The highest BCUT2D eigenvalue weighted by Crippen LogP contribution is 2.22. The number of aromatic nitrogens is 4. The average Bonchev–Trinajstić information content (AvgIpc) is 3.01. The molecule has 0 bridgehead atoms. The van der Waals surface area contributed by atoms with Gasteiger partial charge in [0.05, 0.1) is 5.69 Å². The van der Waals surface area contributed by atoms with Crippen molar-refractivity contribution in [2.45, 2.75) is 26.8 Å². The van der Waals surface area contributed by atoms with Crippen LogP contribution in [0.1, 0.15) is 35.9 Å². The van der Waals surface area contributed by atoms with Crippen LogP contribution in [-0.2, 0) is 7.05 Å². The van der Waals surface area contributed by atoms with Crippen molar-refractivity contribution >= 4 is 22.9 Å². The lowest BCUT2D eigenvalue weighted by Crippen LogP contribution is -2.50. The van der Waals surface area contributed by atoms with Gasteiger partial charge < -0.3 is 9.80 Å². The number of amides is 1. The molecular weight excluding hydrogens is 387 g/mol. The minimum atomic E-state index is -0.426. The van der Waals surface area contributed by atoms with Gasteiger partial charge in [0.1, 0.15) is 11.3 Å². The Kier molecular flexibility index (Phi) is 5.05. The molecule has 9 heteroatoms. The van der Waals surface area contributed by atoms with Crippen molar-refractivity contribution in [1.29, 1.82) is 0 Å². The van der Waals surface area contributed by atoms with E-state index in [2.05, 4.69) is 5.10 Å². The zero-order chi connectivity index (χ0) is 21.6. The summed E-state index contributed by atoms with van der Waals surface area (Å²) in [6, 6.07) is 5.66. The van der Waals surface area contributed by atoms with Gasteiger partial charge in [-0.25, -0.2) is 9.37 Å². The Morgan fingerprint density at radius 1 is 1.17 bits per heavy atom. The summed E-state index contributed by atoms with van der Waals surface area (Å²) in [6.07, 6.45) is 0. The molecule has 0 radical (unpaired) electrons. The molecule has 1 amide bonds. The van der Waals surface area contributed by atoms with E-state index >= 15 is 0 Å². The van der Waals surface area contributed by atoms with Crippen molar-refractivity contribution in [1.82, 2.24) is 24.2 Å². The molecule has 0 spiro atoms. The Morgan fingerprint density at radius 2 is 1.87 bits per heavy atom. The van der Waals surface area contributed by atoms with Crippen LogP contribution in [0.5, 0.6) is 0 Å². The van der Waals surface area contributed by atoms with E-state index in [0.29, 0.717) is 54.4 Å². The second-order valence-corrected chi connectivity index (χ2v) is 7.88. The molecule has 0 aliphatic carbocycles. The third-order valence-electron chi connectivity index (χ3n) is 5.48. The number of nitrogens with zero attached hydrogens (tertiary/aromatic N) is 6. The highest BCUT2D eigenvalue weighted by Gasteiger charge is 2.27. The summed E-state index contributed by atoms with van der Waals surface area (Å²) in [5.41, 5.74) is 2.03. The van der Waals surface area contributed by atoms with Gasteiger partial charge in [-0.3, -0.25) is 18.8 Å². The molecule has 4 rings (SSSR count). The molecule has 30 heavy (non-hydrogen) atoms. The van der Waals surface area contributed by atoms with Gasteiger partial charge in [-0.05, 0) is 39.0 Å². The minimum Gasteiger partial charge on any atom is -0.339 e. The van der Waals surface area contributed by atoms with Gasteiger partial charge in [0.25, 0.3) is 11.5 Å². The second kappa shape index (κ2) is 7.55. The number of hydrogen-bond donors (Lipinski definition) is 0. The van der Waals surface area contributed by atoms with Crippen molar-refractivity contribution in [3.63, 3.8) is 0 Å². The number of carbonyl (C=O) groups excluding carboxylic acids is 1. The molecule has 0 atom stereocenters. The number of aryl methyl sites for hydroxylation is 2. The SMILES string of the molecule is Cc1nn(C)c2c(=O)n(C(C)C)c(N3CCN(C(=O)c4cccc(F)c4)CC3)nc12. The Hall–Kier alpha value is -3.23. The molecule has 0 saturated carbocycles. The fourth-order valence-corrected chi connectivity index (χ4v) is 3.98. The lowest BCUT2D eigenvalue weighted by Gasteiger charge is -2.36. The van der Waals surface area contributed by atoms with E-state index in [0.717, 1.165) is 0 Å². The van der Waals surface area contributed by atoms with E-state index in [4.69, 9.17) is 4.98 Å². The van der Waals surface area contributed by atoms with Gasteiger partial charge in [0.2, 0.25) is 5.95 Å². The van der Waals surface area contributed by atoms with Gasteiger partial charge in [-0.15, -0.1) is 0 Å². The second-order valence-electron chi connectivity index (χ2n) is 7.88. The van der Waals surface area contributed by atoms with Gasteiger partial charge >= 0.3 is 0 Å². The van der Waals surface area contributed by atoms with E-state index in [9.17, 15) is 14.0 Å². The normalized spacial score (nSPS) is 14.7. The number of carbonyl (C=O) groups is 1. The number of benzene rings is 1. The molecular formula is C21H25FN6O2. The zero-order valence-electron chi connectivity index (χ0n) is 17.6. The van der Waals surface area contributed by atoms with Gasteiger partial charge in [0.15, 0.2) is 5.52 Å². The van der Waals surface area contributed by atoms with Crippen LogP contribution in [-0.4, -0.2) is 56.3 Å². The molecule has 1 aliphatic rings. The van der Waals surface area contributed by atoms with Gasteiger partial charge in [-0.1, -0.05) is 6.07 Å². The monoisotopic (exact) mass is 412 g/mol. The van der Waals surface area contributed by atoms with E-state index in [-0.39, 0.29) is 17.5 Å². The Morgan fingerprint density at radius 3 is 2.50 bits per heavy atom. The van der Waals surface area contributed by atoms with Crippen LogP contribution < -0.4 is 10.5 Å². The topological polar surface area (TPSA) is 76.3 Å². The first-order valence-corrected chi connectivity index (χ1v) is 10.0. The minimum absolute atomic E-state index is 0.0773. The van der Waals surface area contributed by atoms with Gasteiger partial charge in [-0.2, -0.15) is 5.10 Å². The van der Waals surface area contributed by atoms with E-state index in [1.807, 2.05) is 25.7 Å². The fourth-order valence-electron chi connectivity index (χ4n) is 3.98. The maximum absolute atomic E-state index is 13.5. The standard InChI is InChI=1S/C21H25FN6O2/c1-13(2)28-20(30)18-17(14(3)24-25(18)4)23-21(28)27-10-8-26(9-11-27)19(29)15-6-5-7-16(22)12-15/h5-7,12-13H,8-11H2,1-4H3. The van der Waals surface area contributed by atoms with E-state index in [1.54, 1.807) is 27.3 Å². The van der Waals surface area contributed by atoms with E-state index < -0.39 is 5.82 Å². The van der Waals surface area contributed by atoms with Crippen LogP contribution in [0, 0.1) is 12.7 Å². The van der Waals surface area contributed by atoms with Crippen LogP contribution in [0.15, 0.2) is 29.1 Å². The maximum atomic E-state index is 13.5. The highest BCUT2D eigenvalue weighted by molar-refractivity contribution is 5.94. The zero-order valence-corrected chi connectivity index (χ0v) is 17.6. The van der Waals surface area contributed by atoms with Crippen LogP contribution in [0.25, 0.3) is 11.0 Å². The summed E-state index contributed by atoms with van der Waals surface area (Å²) in [5, 5.41) is 4.35. The van der Waals surface area contributed by atoms with Gasteiger partial charge in [0, 0.05) is 44.8 Å². The smallest absolute Gasteiger partial charge is 0.281 e. The van der Waals surface area contributed by atoms with Crippen molar-refractivity contribution < 1.29 is 9.18 Å². The number of halogens is 1. The first kappa shape index (κ1) is 20.1. The Bertz CT molecular complexity index is 1170. The number of anilines is 1. The van der Waals surface area contributed by atoms with Crippen LogP contribution >= 0.6 is 0 Å². The molecule has 1 aromatic carbocycles. The van der Waals surface area contributed by atoms with Crippen molar-refractivity contribution in [2.24, 2.45) is 7.05 Å². The first-order chi connectivity index (χ1) is 14.3. The molecule has 1 saturated heterocycles. The number of piperazine rings is 1. The first-order valence-electron chi connectivity index (χ1n) is 10.0. The molecule has 158 valence electrons. The summed E-state index contributed by atoms with van der Waals surface area (Å²) >= 11 is 0. The fraction of sp³-hybridized carbons (Fsp3) is 0.429. The summed E-state index contributed by atoms with van der Waals surface area (Å²) in [6.45, 7) is 7.74.